The highest BCUT2D eigenvalue weighted by molar-refractivity contribution is 9.10. The summed E-state index contributed by atoms with van der Waals surface area (Å²) >= 11 is 9.15. The molecule has 0 radical (unpaired) electrons. The van der Waals surface area contributed by atoms with Crippen molar-refractivity contribution < 1.29 is 14.7 Å². The normalized spacial score (nSPS) is 11.2. The minimum atomic E-state index is -1.24. The van der Waals surface area contributed by atoms with Crippen molar-refractivity contribution in [2.45, 2.75) is 32.2 Å². The Morgan fingerprint density at radius 2 is 1.95 bits per heavy atom. The molecule has 0 aliphatic heterocycles. The maximum atomic E-state index is 12.1. The molecule has 19 heavy (non-hydrogen) atoms. The predicted molar refractivity (Wildman–Crippen MR) is 77.6 cm³/mol. The van der Waals surface area contributed by atoms with Crippen LogP contribution in [0, 0.1) is 0 Å². The lowest BCUT2D eigenvalue weighted by molar-refractivity contribution is -0.144. The van der Waals surface area contributed by atoms with Gasteiger partial charge >= 0.3 is 5.97 Å². The Morgan fingerprint density at radius 1 is 1.37 bits per heavy atom. The molecule has 104 valence electrons. The lowest BCUT2D eigenvalue weighted by Gasteiger charge is -2.28. The van der Waals surface area contributed by atoms with E-state index in [0.29, 0.717) is 27.9 Å². The van der Waals surface area contributed by atoms with Gasteiger partial charge in [-0.2, -0.15) is 0 Å². The number of hydrogen-bond acceptors (Lipinski definition) is 2. The quantitative estimate of drug-likeness (QED) is 0.856. The molecule has 0 saturated carbocycles. The smallest absolute Gasteiger partial charge is 0.329 e. The molecule has 0 saturated heterocycles. The van der Waals surface area contributed by atoms with Gasteiger partial charge < -0.3 is 10.4 Å². The monoisotopic (exact) mass is 347 g/mol. The van der Waals surface area contributed by atoms with E-state index >= 15 is 0 Å². The number of carboxylic acids is 1. The lowest BCUT2D eigenvalue weighted by Crippen LogP contribution is -2.53. The highest BCUT2D eigenvalue weighted by atomic mass is 79.9. The van der Waals surface area contributed by atoms with Crippen LogP contribution in [0.25, 0.3) is 0 Å². The van der Waals surface area contributed by atoms with Crippen LogP contribution in [0.5, 0.6) is 0 Å². The summed E-state index contributed by atoms with van der Waals surface area (Å²) < 4.78 is 0.682. The second-order valence-corrected chi connectivity index (χ2v) is 5.44. The van der Waals surface area contributed by atoms with E-state index in [1.54, 1.807) is 26.0 Å². The van der Waals surface area contributed by atoms with Crippen molar-refractivity contribution >= 4 is 39.4 Å². The Morgan fingerprint density at radius 3 is 2.37 bits per heavy atom. The van der Waals surface area contributed by atoms with E-state index < -0.39 is 17.4 Å². The molecule has 4 nitrogen and oxygen atoms in total. The van der Waals surface area contributed by atoms with E-state index in [1.165, 1.54) is 6.07 Å². The zero-order valence-electron chi connectivity index (χ0n) is 10.7. The number of nitrogens with one attached hydrogen (secondary N) is 1. The van der Waals surface area contributed by atoms with Gasteiger partial charge in [-0.15, -0.1) is 0 Å². The molecule has 6 heteroatoms. The first-order valence-electron chi connectivity index (χ1n) is 5.87. The van der Waals surface area contributed by atoms with Gasteiger partial charge in [0.05, 0.1) is 5.02 Å². The minimum absolute atomic E-state index is 0.314. The molecule has 1 rings (SSSR count). The molecule has 2 N–H and O–H groups in total. The van der Waals surface area contributed by atoms with Crippen LogP contribution in [-0.4, -0.2) is 22.5 Å². The van der Waals surface area contributed by atoms with Gasteiger partial charge in [0, 0.05) is 10.0 Å². The molecule has 0 atom stereocenters. The molecule has 0 bridgehead atoms. The van der Waals surface area contributed by atoms with Crippen molar-refractivity contribution in [3.63, 3.8) is 0 Å². The first-order valence-corrected chi connectivity index (χ1v) is 7.04. The van der Waals surface area contributed by atoms with Crippen LogP contribution in [0.3, 0.4) is 0 Å². The number of aliphatic carboxylic acids is 1. The average Bonchev–Trinajstić information content (AvgIpc) is 2.38. The molecule has 0 fully saturated rings. The first-order chi connectivity index (χ1) is 8.86. The van der Waals surface area contributed by atoms with Crippen molar-refractivity contribution in [2.24, 2.45) is 0 Å². The Hall–Kier alpha value is -1.07. The lowest BCUT2D eigenvalue weighted by atomic mass is 9.92. The van der Waals surface area contributed by atoms with Gasteiger partial charge in [0.1, 0.15) is 5.54 Å². The van der Waals surface area contributed by atoms with Crippen molar-refractivity contribution in [3.05, 3.63) is 33.3 Å². The highest BCUT2D eigenvalue weighted by Gasteiger charge is 2.36. The van der Waals surface area contributed by atoms with Crippen LogP contribution in [0.2, 0.25) is 5.02 Å². The molecule has 0 aromatic heterocycles. The van der Waals surface area contributed by atoms with Crippen molar-refractivity contribution in [1.82, 2.24) is 5.32 Å². The third kappa shape index (κ3) is 3.48. The SMILES string of the molecule is CCC(CC)(NC(=O)c1ccc(Br)c(Cl)c1)C(=O)O. The molecule has 0 spiro atoms. The third-order valence-corrected chi connectivity index (χ3v) is 4.38. The van der Waals surface area contributed by atoms with E-state index in [1.807, 2.05) is 0 Å². The number of hydrogen-bond donors (Lipinski definition) is 2. The summed E-state index contributed by atoms with van der Waals surface area (Å²) in [4.78, 5) is 23.4. The Kier molecular flexibility index (Phi) is 5.38. The summed E-state index contributed by atoms with van der Waals surface area (Å²) in [5.41, 5.74) is -0.905. The van der Waals surface area contributed by atoms with E-state index in [-0.39, 0.29) is 0 Å². The Bertz CT molecular complexity index is 501. The van der Waals surface area contributed by atoms with E-state index in [2.05, 4.69) is 21.2 Å². The number of rotatable bonds is 5. The summed E-state index contributed by atoms with van der Waals surface area (Å²) in [5, 5.41) is 12.3. The minimum Gasteiger partial charge on any atom is -0.480 e. The zero-order valence-corrected chi connectivity index (χ0v) is 13.0. The number of carbonyl (C=O) groups excluding carboxylic acids is 1. The van der Waals surface area contributed by atoms with Crippen molar-refractivity contribution in [1.29, 1.82) is 0 Å². The van der Waals surface area contributed by atoms with Gasteiger partial charge in [-0.05, 0) is 47.0 Å². The fraction of sp³-hybridized carbons (Fsp3) is 0.385. The summed E-state index contributed by atoms with van der Waals surface area (Å²) in [7, 11) is 0. The van der Waals surface area contributed by atoms with Crippen molar-refractivity contribution in [3.8, 4) is 0 Å². The Labute approximate surface area is 125 Å². The molecular formula is C13H15BrClNO3. The fourth-order valence-electron chi connectivity index (χ4n) is 1.71. The number of benzene rings is 1. The average molecular weight is 349 g/mol. The molecule has 1 aromatic carbocycles. The van der Waals surface area contributed by atoms with Crippen LogP contribution < -0.4 is 5.32 Å². The van der Waals surface area contributed by atoms with Gasteiger partial charge in [0.2, 0.25) is 0 Å². The second kappa shape index (κ2) is 6.39. The molecule has 0 unspecified atom stereocenters. The summed E-state index contributed by atoms with van der Waals surface area (Å²) in [5.74, 6) is -1.48. The van der Waals surface area contributed by atoms with Crippen LogP contribution in [0.4, 0.5) is 0 Å². The van der Waals surface area contributed by atoms with Crippen LogP contribution in [0.1, 0.15) is 37.0 Å². The number of halogens is 2. The number of amides is 1. The van der Waals surface area contributed by atoms with E-state index in [0.717, 1.165) is 0 Å². The topological polar surface area (TPSA) is 66.4 Å². The third-order valence-electron chi connectivity index (χ3n) is 3.15. The number of carboxylic acid groups (broad SMARTS) is 1. The van der Waals surface area contributed by atoms with E-state index in [9.17, 15) is 14.7 Å². The number of carbonyl (C=O) groups is 2. The summed E-state index contributed by atoms with van der Waals surface area (Å²) in [6.45, 7) is 3.46. The van der Waals surface area contributed by atoms with Crippen molar-refractivity contribution in [2.75, 3.05) is 0 Å². The summed E-state index contributed by atoms with van der Waals surface area (Å²) in [6, 6.07) is 4.74. The highest BCUT2D eigenvalue weighted by Crippen LogP contribution is 2.24. The van der Waals surface area contributed by atoms with Crippen LogP contribution in [0.15, 0.2) is 22.7 Å². The van der Waals surface area contributed by atoms with Gasteiger partial charge in [-0.3, -0.25) is 4.79 Å². The maximum Gasteiger partial charge on any atom is 0.329 e. The Balaban J connectivity index is 3.00. The van der Waals surface area contributed by atoms with Gasteiger partial charge in [0.25, 0.3) is 5.91 Å². The van der Waals surface area contributed by atoms with Crippen LogP contribution in [-0.2, 0) is 4.79 Å². The molecule has 0 aliphatic carbocycles. The van der Waals surface area contributed by atoms with Crippen LogP contribution >= 0.6 is 27.5 Å². The standard InChI is InChI=1S/C13H15BrClNO3/c1-3-13(4-2,12(18)19)16-11(17)8-5-6-9(14)10(15)7-8/h5-7H,3-4H2,1-2H3,(H,16,17)(H,18,19). The van der Waals surface area contributed by atoms with E-state index in [4.69, 9.17) is 11.6 Å². The largest absolute Gasteiger partial charge is 0.480 e. The fourth-order valence-corrected chi connectivity index (χ4v) is 2.14. The molecule has 0 heterocycles. The summed E-state index contributed by atoms with van der Waals surface area (Å²) in [6.07, 6.45) is 0.629. The molecule has 1 amide bonds. The molecule has 0 aliphatic rings. The zero-order chi connectivity index (χ0) is 14.6. The van der Waals surface area contributed by atoms with Gasteiger partial charge in [0.15, 0.2) is 0 Å². The second-order valence-electron chi connectivity index (χ2n) is 4.18. The van der Waals surface area contributed by atoms with Gasteiger partial charge in [-0.25, -0.2) is 4.79 Å². The molecule has 1 aromatic rings. The predicted octanol–water partition coefficient (Wildman–Crippen LogP) is 3.48. The molecular weight excluding hydrogens is 334 g/mol. The first kappa shape index (κ1) is 16.0. The maximum absolute atomic E-state index is 12.1. The van der Waals surface area contributed by atoms with Gasteiger partial charge in [-0.1, -0.05) is 25.4 Å².